The molecule has 1 aromatic carbocycles. The molecule has 1 aliphatic rings. The number of rotatable bonds is 1. The van der Waals surface area contributed by atoms with Gasteiger partial charge < -0.3 is 5.32 Å². The summed E-state index contributed by atoms with van der Waals surface area (Å²) in [5.41, 5.74) is -7.18. The molecule has 0 spiro atoms. The second-order valence-corrected chi connectivity index (χ2v) is 6.42. The van der Waals surface area contributed by atoms with Crippen LogP contribution in [0.15, 0.2) is 33.9 Å². The van der Waals surface area contributed by atoms with Gasteiger partial charge in [-0.25, -0.2) is 18.2 Å². The Labute approximate surface area is 161 Å². The highest BCUT2D eigenvalue weighted by atomic mass is 32.2. The SMILES string of the molecule is O=C(NC1=NC(C(F)(F)F)(C(F)(F)F)C(=C(F)C(F)(F)F)S1)c1c(F)cccc1F. The van der Waals surface area contributed by atoms with Gasteiger partial charge in [-0.15, -0.1) is 0 Å². The maximum absolute atomic E-state index is 13.6. The van der Waals surface area contributed by atoms with Crippen LogP contribution in [0.5, 0.6) is 0 Å². The average Bonchev–Trinajstić information content (AvgIpc) is 2.93. The molecule has 0 saturated carbocycles. The van der Waals surface area contributed by atoms with Gasteiger partial charge in [0, 0.05) is 0 Å². The van der Waals surface area contributed by atoms with Crippen LogP contribution in [0, 0.1) is 11.6 Å². The van der Waals surface area contributed by atoms with Gasteiger partial charge in [0.15, 0.2) is 5.17 Å². The Kier molecular flexibility index (Phi) is 5.88. The van der Waals surface area contributed by atoms with Gasteiger partial charge in [-0.2, -0.15) is 39.5 Å². The van der Waals surface area contributed by atoms with Crippen LogP contribution in [-0.2, 0) is 0 Å². The Morgan fingerprint density at radius 3 is 1.80 bits per heavy atom. The zero-order chi connectivity index (χ0) is 23.3. The minimum Gasteiger partial charge on any atom is -0.301 e. The number of benzene rings is 1. The first-order chi connectivity index (χ1) is 13.4. The van der Waals surface area contributed by atoms with Crippen LogP contribution in [-0.4, -0.2) is 35.1 Å². The van der Waals surface area contributed by atoms with Crippen LogP contribution in [0.3, 0.4) is 0 Å². The molecule has 16 heteroatoms. The highest BCUT2D eigenvalue weighted by Gasteiger charge is 2.77. The molecule has 3 nitrogen and oxygen atoms in total. The van der Waals surface area contributed by atoms with Gasteiger partial charge in [0.25, 0.3) is 11.4 Å². The van der Waals surface area contributed by atoms with Crippen molar-refractivity contribution in [2.24, 2.45) is 4.99 Å². The second kappa shape index (κ2) is 7.39. The summed E-state index contributed by atoms with van der Waals surface area (Å²) in [6, 6.07) is 1.78. The first-order valence-corrected chi connectivity index (χ1v) is 7.89. The van der Waals surface area contributed by atoms with Crippen molar-refractivity contribution in [1.82, 2.24) is 5.32 Å². The maximum atomic E-state index is 13.6. The van der Waals surface area contributed by atoms with Gasteiger partial charge in [-0.3, -0.25) is 4.79 Å². The van der Waals surface area contributed by atoms with E-state index in [1.54, 1.807) is 0 Å². The number of hydrogen-bond donors (Lipinski definition) is 1. The summed E-state index contributed by atoms with van der Waals surface area (Å²) in [5.74, 6) is -8.91. The third-order valence-electron chi connectivity index (χ3n) is 3.48. The lowest BCUT2D eigenvalue weighted by Gasteiger charge is -2.31. The first kappa shape index (κ1) is 23.9. The minimum atomic E-state index is -6.63. The number of nitrogens with zero attached hydrogens (tertiary/aromatic N) is 1. The summed E-state index contributed by atoms with van der Waals surface area (Å²) in [4.78, 5) is 10.9. The van der Waals surface area contributed by atoms with E-state index in [9.17, 15) is 57.5 Å². The summed E-state index contributed by atoms with van der Waals surface area (Å²) in [6.45, 7) is 0. The zero-order valence-electron chi connectivity index (χ0n) is 13.5. The number of allylic oxidation sites excluding steroid dienone is 1. The van der Waals surface area contributed by atoms with Crippen LogP contribution < -0.4 is 5.32 Å². The molecule has 0 radical (unpaired) electrons. The molecule has 0 aromatic heterocycles. The smallest absolute Gasteiger partial charge is 0.301 e. The van der Waals surface area contributed by atoms with Crippen molar-refractivity contribution in [1.29, 1.82) is 0 Å². The number of aliphatic imine (C=N–C) groups is 1. The molecule has 0 saturated heterocycles. The van der Waals surface area contributed by atoms with Gasteiger partial charge in [0.2, 0.25) is 5.83 Å². The number of carbonyl (C=O) groups excluding carboxylic acids is 1. The Morgan fingerprint density at radius 1 is 0.933 bits per heavy atom. The van der Waals surface area contributed by atoms with Gasteiger partial charge in [-0.05, 0) is 12.1 Å². The summed E-state index contributed by atoms with van der Waals surface area (Å²) >= 11 is -1.14. The molecule has 2 rings (SSSR count). The molecule has 166 valence electrons. The lowest BCUT2D eigenvalue weighted by atomic mass is 9.97. The Hall–Kier alpha value is -2.39. The molecule has 1 N–H and O–H groups in total. The molecule has 1 aliphatic heterocycles. The van der Waals surface area contributed by atoms with E-state index in [1.165, 1.54) is 0 Å². The molecular formula is C14H4F12N2OS. The minimum absolute atomic E-state index is 0.506. The third kappa shape index (κ3) is 3.96. The fraction of sp³-hybridized carbons (Fsp3) is 0.286. The topological polar surface area (TPSA) is 41.5 Å². The molecule has 1 heterocycles. The van der Waals surface area contributed by atoms with Crippen molar-refractivity contribution in [2.45, 2.75) is 24.1 Å². The summed E-state index contributed by atoms with van der Waals surface area (Å²) in [7, 11) is 0. The van der Waals surface area contributed by atoms with E-state index in [0.717, 1.165) is 11.4 Å². The van der Waals surface area contributed by atoms with E-state index in [-0.39, 0.29) is 0 Å². The van der Waals surface area contributed by atoms with Crippen molar-refractivity contribution in [3.8, 4) is 0 Å². The number of hydrogen-bond acceptors (Lipinski definition) is 3. The van der Waals surface area contributed by atoms with E-state index in [1.807, 2.05) is 0 Å². The summed E-state index contributed by atoms with van der Waals surface area (Å²) in [6.07, 6.45) is -19.5. The first-order valence-electron chi connectivity index (χ1n) is 7.07. The van der Waals surface area contributed by atoms with Crippen LogP contribution in [0.1, 0.15) is 10.4 Å². The quantitative estimate of drug-likeness (QED) is 0.552. The largest absolute Gasteiger partial charge is 0.443 e. The Balaban J connectivity index is 2.65. The predicted octanol–water partition coefficient (Wildman–Crippen LogP) is 5.40. The van der Waals surface area contributed by atoms with Crippen molar-refractivity contribution in [3.63, 3.8) is 0 Å². The van der Waals surface area contributed by atoms with Crippen molar-refractivity contribution in [3.05, 3.63) is 46.1 Å². The predicted molar refractivity (Wildman–Crippen MR) is 77.9 cm³/mol. The fourth-order valence-electron chi connectivity index (χ4n) is 2.20. The Morgan fingerprint density at radius 2 is 1.40 bits per heavy atom. The number of carbonyl (C=O) groups is 1. The standard InChI is InChI=1S/C14H4F12N2OS/c15-4-2-1-3-5(16)6(4)9(29)27-10-28-11(13(21,22)23,14(24,25)26)8(30-10)7(17)12(18,19)20/h1-3H,(H,27,28,29). The molecule has 30 heavy (non-hydrogen) atoms. The molecule has 0 bridgehead atoms. The lowest BCUT2D eigenvalue weighted by molar-refractivity contribution is -0.280. The van der Waals surface area contributed by atoms with E-state index in [2.05, 4.69) is 4.99 Å². The Bertz CT molecular complexity index is 894. The van der Waals surface area contributed by atoms with Crippen LogP contribution in [0.2, 0.25) is 0 Å². The summed E-state index contributed by atoms with van der Waals surface area (Å²) in [5, 5.41) is -0.675. The van der Waals surface area contributed by atoms with Crippen molar-refractivity contribution < 1.29 is 57.5 Å². The van der Waals surface area contributed by atoms with Gasteiger partial charge >= 0.3 is 18.5 Å². The van der Waals surface area contributed by atoms with Gasteiger partial charge in [-0.1, -0.05) is 17.8 Å². The normalized spacial score (nSPS) is 18.9. The number of halogens is 12. The summed E-state index contributed by atoms with van der Waals surface area (Å²) < 4.78 is 158. The zero-order valence-corrected chi connectivity index (χ0v) is 14.3. The van der Waals surface area contributed by atoms with E-state index in [4.69, 9.17) is 0 Å². The molecule has 0 unspecified atom stereocenters. The molecule has 0 atom stereocenters. The average molecular weight is 476 g/mol. The van der Waals surface area contributed by atoms with Crippen molar-refractivity contribution in [2.75, 3.05) is 0 Å². The number of amides is 1. The second-order valence-electron chi connectivity index (χ2n) is 5.42. The van der Waals surface area contributed by atoms with E-state index in [0.29, 0.717) is 12.1 Å². The molecule has 0 aliphatic carbocycles. The van der Waals surface area contributed by atoms with Crippen LogP contribution in [0.4, 0.5) is 52.7 Å². The molecule has 1 aromatic rings. The number of nitrogens with one attached hydrogen (secondary N) is 1. The van der Waals surface area contributed by atoms with Gasteiger partial charge in [0.1, 0.15) is 17.2 Å². The highest BCUT2D eigenvalue weighted by Crippen LogP contribution is 2.59. The fourth-order valence-corrected chi connectivity index (χ4v) is 3.35. The van der Waals surface area contributed by atoms with E-state index < -0.39 is 74.8 Å². The van der Waals surface area contributed by atoms with Crippen molar-refractivity contribution >= 4 is 22.8 Å². The maximum Gasteiger partial charge on any atom is 0.443 e. The number of thioether (sulfide) groups is 1. The number of amidine groups is 1. The highest BCUT2D eigenvalue weighted by molar-refractivity contribution is 8.17. The van der Waals surface area contributed by atoms with Crippen LogP contribution >= 0.6 is 11.8 Å². The lowest BCUT2D eigenvalue weighted by Crippen LogP contribution is -2.55. The van der Waals surface area contributed by atoms with E-state index >= 15 is 0 Å². The monoisotopic (exact) mass is 476 g/mol. The van der Waals surface area contributed by atoms with Gasteiger partial charge in [0.05, 0.1) is 4.91 Å². The van der Waals surface area contributed by atoms with Crippen LogP contribution in [0.25, 0.3) is 0 Å². The molecular weight excluding hydrogens is 472 g/mol. The molecule has 0 fully saturated rings. The number of alkyl halides is 9. The third-order valence-corrected chi connectivity index (χ3v) is 4.54. The molecule has 1 amide bonds.